The molecule has 3 atom stereocenters. The fourth-order valence-corrected chi connectivity index (χ4v) is 4.84. The zero-order chi connectivity index (χ0) is 28.6. The van der Waals surface area contributed by atoms with Gasteiger partial charge in [0.2, 0.25) is 17.7 Å². The highest BCUT2D eigenvalue weighted by atomic mass is 16.6. The van der Waals surface area contributed by atoms with Crippen LogP contribution in [0.25, 0.3) is 0 Å². The fraction of sp³-hybridized carbons (Fsp3) is 0.655. The van der Waals surface area contributed by atoms with E-state index in [0.29, 0.717) is 0 Å². The third-order valence-corrected chi connectivity index (χ3v) is 6.84. The predicted molar refractivity (Wildman–Crippen MR) is 147 cm³/mol. The number of nitrogens with one attached hydrogen (secondary N) is 2. The van der Waals surface area contributed by atoms with Crippen LogP contribution in [0.5, 0.6) is 0 Å². The zero-order valence-electron chi connectivity index (χ0n) is 24.1. The van der Waals surface area contributed by atoms with Crippen LogP contribution in [0.4, 0.5) is 4.79 Å². The number of ether oxygens (including phenoxy) is 1. The average molecular weight is 531 g/mol. The maximum atomic E-state index is 14.3. The summed E-state index contributed by atoms with van der Waals surface area (Å²) in [6.07, 6.45) is 3.30. The zero-order valence-corrected chi connectivity index (χ0v) is 24.1. The number of primary amides is 1. The number of aryl methyl sites for hydroxylation is 2. The number of carbonyl (C=O) groups excluding carboxylic acids is 4. The van der Waals surface area contributed by atoms with E-state index < -0.39 is 35.6 Å². The summed E-state index contributed by atoms with van der Waals surface area (Å²) in [6, 6.07) is 3.60. The summed E-state index contributed by atoms with van der Waals surface area (Å²) in [6.45, 7) is 13.1. The maximum Gasteiger partial charge on any atom is 0.408 e. The van der Waals surface area contributed by atoms with Crippen LogP contribution in [-0.4, -0.2) is 52.4 Å². The van der Waals surface area contributed by atoms with Crippen molar-refractivity contribution in [3.05, 3.63) is 34.9 Å². The number of alkyl carbamates (subject to hydrolysis) is 1. The highest BCUT2D eigenvalue weighted by molar-refractivity contribution is 5.93. The van der Waals surface area contributed by atoms with Crippen LogP contribution >= 0.6 is 0 Å². The van der Waals surface area contributed by atoms with Crippen LogP contribution in [0.2, 0.25) is 0 Å². The summed E-state index contributed by atoms with van der Waals surface area (Å²) in [5.41, 5.74) is 7.21. The molecule has 0 bridgehead atoms. The van der Waals surface area contributed by atoms with Crippen molar-refractivity contribution >= 4 is 23.8 Å². The van der Waals surface area contributed by atoms with Crippen molar-refractivity contribution in [2.24, 2.45) is 5.73 Å². The Morgan fingerprint density at radius 3 is 2.16 bits per heavy atom. The minimum Gasteiger partial charge on any atom is -0.444 e. The molecule has 4 N–H and O–H groups in total. The second-order valence-electron chi connectivity index (χ2n) is 11.4. The smallest absolute Gasteiger partial charge is 0.408 e. The largest absolute Gasteiger partial charge is 0.444 e. The molecule has 212 valence electrons. The van der Waals surface area contributed by atoms with Gasteiger partial charge in [0, 0.05) is 18.5 Å². The molecule has 0 saturated heterocycles. The highest BCUT2D eigenvalue weighted by Crippen LogP contribution is 2.36. The highest BCUT2D eigenvalue weighted by Gasteiger charge is 2.43. The molecule has 1 aliphatic rings. The predicted octanol–water partition coefficient (Wildman–Crippen LogP) is 4.19. The molecular formula is C29H46N4O5. The Hall–Kier alpha value is -3.10. The molecule has 1 fully saturated rings. The number of hydrogen-bond donors (Lipinski definition) is 3. The molecular weight excluding hydrogens is 484 g/mol. The lowest BCUT2D eigenvalue weighted by Gasteiger charge is -2.44. The molecule has 1 aliphatic carbocycles. The molecule has 0 aliphatic heterocycles. The Morgan fingerprint density at radius 1 is 1.08 bits per heavy atom. The van der Waals surface area contributed by atoms with Gasteiger partial charge in [-0.25, -0.2) is 4.79 Å². The van der Waals surface area contributed by atoms with E-state index in [1.165, 1.54) is 0 Å². The lowest BCUT2D eigenvalue weighted by molar-refractivity contribution is -0.148. The molecule has 0 heterocycles. The molecule has 9 nitrogen and oxygen atoms in total. The Labute approximate surface area is 227 Å². The first-order valence-corrected chi connectivity index (χ1v) is 13.7. The molecule has 0 aromatic heterocycles. The van der Waals surface area contributed by atoms with E-state index in [-0.39, 0.29) is 30.8 Å². The van der Waals surface area contributed by atoms with E-state index in [9.17, 15) is 19.2 Å². The third-order valence-electron chi connectivity index (χ3n) is 6.84. The summed E-state index contributed by atoms with van der Waals surface area (Å²) in [7, 11) is 0. The van der Waals surface area contributed by atoms with Gasteiger partial charge in [0.15, 0.2) is 0 Å². The standard InChI is InChI=1S/C29H46N4O5/c1-8-11-20(4)31-26(35)25(24-18(2)12-9-13-19(24)3)33(21-14-10-15-21)27(36)22(16-17-23(30)34)32-28(37)38-29(5,6)7/h9,12-13,20-22,25H,8,10-11,14-17H2,1-7H3,(H2,30,34)(H,31,35)(H,32,37). The second kappa shape index (κ2) is 13.6. The Kier molecular flexibility index (Phi) is 11.2. The van der Waals surface area contributed by atoms with Crippen LogP contribution in [0.3, 0.4) is 0 Å². The molecule has 1 aromatic carbocycles. The van der Waals surface area contributed by atoms with Gasteiger partial charge in [-0.15, -0.1) is 0 Å². The Morgan fingerprint density at radius 2 is 1.68 bits per heavy atom. The average Bonchev–Trinajstić information content (AvgIpc) is 2.75. The Balaban J connectivity index is 2.56. The van der Waals surface area contributed by atoms with E-state index in [4.69, 9.17) is 10.5 Å². The van der Waals surface area contributed by atoms with Crippen LogP contribution in [-0.2, 0) is 19.1 Å². The SMILES string of the molecule is CCCC(C)NC(=O)C(c1c(C)cccc1C)N(C(=O)C(CCC(N)=O)NC(=O)OC(C)(C)C)C1CCC1. The third kappa shape index (κ3) is 8.74. The quantitative estimate of drug-likeness (QED) is 0.373. The van der Waals surface area contributed by atoms with Crippen molar-refractivity contribution in [3.8, 4) is 0 Å². The molecule has 38 heavy (non-hydrogen) atoms. The van der Waals surface area contributed by atoms with E-state index >= 15 is 0 Å². The molecule has 1 saturated carbocycles. The summed E-state index contributed by atoms with van der Waals surface area (Å²) in [5, 5.41) is 5.77. The van der Waals surface area contributed by atoms with Crippen LogP contribution in [0.1, 0.15) is 102 Å². The van der Waals surface area contributed by atoms with Crippen LogP contribution < -0.4 is 16.4 Å². The van der Waals surface area contributed by atoms with Crippen molar-refractivity contribution < 1.29 is 23.9 Å². The van der Waals surface area contributed by atoms with Gasteiger partial charge in [0.25, 0.3) is 0 Å². The van der Waals surface area contributed by atoms with Crippen LogP contribution in [0.15, 0.2) is 18.2 Å². The van der Waals surface area contributed by atoms with Gasteiger partial charge in [0.1, 0.15) is 17.7 Å². The van der Waals surface area contributed by atoms with Gasteiger partial charge in [-0.1, -0.05) is 31.5 Å². The van der Waals surface area contributed by atoms with Gasteiger partial charge >= 0.3 is 6.09 Å². The molecule has 0 spiro atoms. The van der Waals surface area contributed by atoms with E-state index in [1.54, 1.807) is 25.7 Å². The van der Waals surface area contributed by atoms with Crippen molar-refractivity contribution in [2.75, 3.05) is 0 Å². The first-order chi connectivity index (χ1) is 17.7. The Bertz CT molecular complexity index is 979. The molecule has 3 unspecified atom stereocenters. The van der Waals surface area contributed by atoms with Gasteiger partial charge in [-0.2, -0.15) is 0 Å². The van der Waals surface area contributed by atoms with Crippen LogP contribution in [0, 0.1) is 13.8 Å². The minimum absolute atomic E-state index is 0.00393. The summed E-state index contributed by atoms with van der Waals surface area (Å²) >= 11 is 0. The number of amides is 4. The topological polar surface area (TPSA) is 131 Å². The first-order valence-electron chi connectivity index (χ1n) is 13.7. The minimum atomic E-state index is -1.08. The summed E-state index contributed by atoms with van der Waals surface area (Å²) in [5.74, 6) is -1.26. The fourth-order valence-electron chi connectivity index (χ4n) is 4.84. The molecule has 2 rings (SSSR count). The molecule has 9 heteroatoms. The van der Waals surface area contributed by atoms with E-state index in [1.807, 2.05) is 39.0 Å². The van der Waals surface area contributed by atoms with Crippen molar-refractivity contribution in [3.63, 3.8) is 0 Å². The number of nitrogens with two attached hydrogens (primary N) is 1. The van der Waals surface area contributed by atoms with Gasteiger partial charge < -0.3 is 26.0 Å². The number of hydrogen-bond acceptors (Lipinski definition) is 5. The lowest BCUT2D eigenvalue weighted by atomic mass is 9.86. The lowest BCUT2D eigenvalue weighted by Crippen LogP contribution is -2.58. The summed E-state index contributed by atoms with van der Waals surface area (Å²) < 4.78 is 5.40. The number of carbonyl (C=O) groups is 4. The number of benzene rings is 1. The summed E-state index contributed by atoms with van der Waals surface area (Å²) in [4.78, 5) is 54.2. The molecule has 1 aromatic rings. The maximum absolute atomic E-state index is 14.3. The van der Waals surface area contributed by atoms with E-state index in [2.05, 4.69) is 17.6 Å². The first kappa shape index (κ1) is 31.1. The monoisotopic (exact) mass is 530 g/mol. The van der Waals surface area contributed by atoms with Crippen molar-refractivity contribution in [1.29, 1.82) is 0 Å². The van der Waals surface area contributed by atoms with Gasteiger partial charge in [-0.05, 0) is 90.3 Å². The molecule has 0 radical (unpaired) electrons. The van der Waals surface area contributed by atoms with Crippen molar-refractivity contribution in [1.82, 2.24) is 15.5 Å². The van der Waals surface area contributed by atoms with E-state index in [0.717, 1.165) is 48.8 Å². The second-order valence-corrected chi connectivity index (χ2v) is 11.4. The molecule has 4 amide bonds. The number of nitrogens with zero attached hydrogens (tertiary/aromatic N) is 1. The normalized spacial score (nSPS) is 16.0. The van der Waals surface area contributed by atoms with Gasteiger partial charge in [0.05, 0.1) is 0 Å². The number of rotatable bonds is 12. The van der Waals surface area contributed by atoms with Gasteiger partial charge in [-0.3, -0.25) is 14.4 Å². The van der Waals surface area contributed by atoms with Crippen molar-refractivity contribution in [2.45, 2.75) is 123 Å².